The molecule has 0 spiro atoms. The number of carbonyl (C=O) groups is 1. The molecule has 0 aliphatic rings. The molecule has 0 saturated carbocycles. The molecule has 0 amide bonds. The Hall–Kier alpha value is -4.71. The highest BCUT2D eigenvalue weighted by Gasteiger charge is 2.25. The second-order valence-electron chi connectivity index (χ2n) is 7.45. The maximum Gasteiger partial charge on any atom is 0.343 e. The first-order valence-corrected chi connectivity index (χ1v) is 10.4. The molecule has 0 aliphatic carbocycles. The predicted octanol–water partition coefficient (Wildman–Crippen LogP) is 4.01. The van der Waals surface area contributed by atoms with Gasteiger partial charge in [-0.25, -0.2) is 9.48 Å². The van der Waals surface area contributed by atoms with E-state index in [1.54, 1.807) is 54.5 Å². The Balaban J connectivity index is 1.85. The van der Waals surface area contributed by atoms with Gasteiger partial charge in [0.15, 0.2) is 11.5 Å². The highest BCUT2D eigenvalue weighted by molar-refractivity contribution is 5.97. The number of pyridine rings is 1. The average Bonchev–Trinajstić information content (AvgIpc) is 3.44. The number of ether oxygens (including phenoxy) is 2. The number of hydrogen-bond donors (Lipinski definition) is 0. The molecule has 3 aromatic heterocycles. The van der Waals surface area contributed by atoms with Gasteiger partial charge in [0, 0.05) is 25.0 Å². The zero-order valence-corrected chi connectivity index (χ0v) is 19.2. The van der Waals surface area contributed by atoms with Gasteiger partial charge in [-0.1, -0.05) is 12.1 Å². The van der Waals surface area contributed by atoms with E-state index in [0.29, 0.717) is 22.8 Å². The monoisotopic (exact) mass is 454 g/mol. The summed E-state index contributed by atoms with van der Waals surface area (Å²) in [4.78, 5) is 17.4. The van der Waals surface area contributed by atoms with Gasteiger partial charge in [-0.3, -0.25) is 9.67 Å². The molecule has 34 heavy (non-hydrogen) atoms. The summed E-state index contributed by atoms with van der Waals surface area (Å²) in [5, 5.41) is 19.0. The van der Waals surface area contributed by atoms with Crippen molar-refractivity contribution in [3.63, 3.8) is 0 Å². The molecule has 0 saturated heterocycles. The number of benzene rings is 1. The van der Waals surface area contributed by atoms with Crippen LogP contribution in [0.3, 0.4) is 0 Å². The molecule has 9 nitrogen and oxygen atoms in total. The smallest absolute Gasteiger partial charge is 0.343 e. The second kappa shape index (κ2) is 9.42. The third-order valence-corrected chi connectivity index (χ3v) is 5.30. The Kier molecular flexibility index (Phi) is 6.23. The van der Waals surface area contributed by atoms with Gasteiger partial charge in [-0.05, 0) is 50.2 Å². The van der Waals surface area contributed by atoms with Crippen molar-refractivity contribution in [2.75, 3.05) is 7.11 Å². The SMILES string of the molecule is COc1cccc(C(=O)OC(=C(C#N)n2ccc(-c3ccccn3)n2)c2c(C)c(C)nn2C)c1. The molecule has 0 aliphatic heterocycles. The van der Waals surface area contributed by atoms with Crippen LogP contribution in [0.4, 0.5) is 0 Å². The van der Waals surface area contributed by atoms with Gasteiger partial charge in [0.1, 0.15) is 23.2 Å². The molecule has 0 atom stereocenters. The van der Waals surface area contributed by atoms with Crippen molar-refractivity contribution in [3.8, 4) is 23.2 Å². The Morgan fingerprint density at radius 1 is 1.06 bits per heavy atom. The van der Waals surface area contributed by atoms with Crippen molar-refractivity contribution in [2.45, 2.75) is 13.8 Å². The van der Waals surface area contributed by atoms with E-state index < -0.39 is 5.97 Å². The molecule has 0 fully saturated rings. The highest BCUT2D eigenvalue weighted by Crippen LogP contribution is 2.29. The number of allylic oxidation sites excluding steroid dienone is 1. The number of aromatic nitrogens is 5. The van der Waals surface area contributed by atoms with Gasteiger partial charge in [-0.2, -0.15) is 15.5 Å². The first-order valence-electron chi connectivity index (χ1n) is 10.4. The van der Waals surface area contributed by atoms with Gasteiger partial charge in [0.2, 0.25) is 0 Å². The van der Waals surface area contributed by atoms with Crippen LogP contribution in [0, 0.1) is 25.2 Å². The van der Waals surface area contributed by atoms with E-state index >= 15 is 0 Å². The molecule has 0 N–H and O–H groups in total. The molecule has 1 aromatic carbocycles. The number of nitriles is 1. The summed E-state index contributed by atoms with van der Waals surface area (Å²) in [7, 11) is 3.24. The average molecular weight is 454 g/mol. The molecule has 3 heterocycles. The maximum absolute atomic E-state index is 13.1. The summed E-state index contributed by atoms with van der Waals surface area (Å²) in [6.45, 7) is 3.70. The lowest BCUT2D eigenvalue weighted by molar-refractivity contribution is 0.0690. The van der Waals surface area contributed by atoms with E-state index in [2.05, 4.69) is 21.3 Å². The first-order chi connectivity index (χ1) is 16.4. The summed E-state index contributed by atoms with van der Waals surface area (Å²) in [6, 6.07) is 16.0. The van der Waals surface area contributed by atoms with Gasteiger partial charge in [0.25, 0.3) is 0 Å². The molecule has 170 valence electrons. The zero-order valence-electron chi connectivity index (χ0n) is 19.2. The molecular weight excluding hydrogens is 432 g/mol. The molecule has 0 unspecified atom stereocenters. The third kappa shape index (κ3) is 4.29. The third-order valence-electron chi connectivity index (χ3n) is 5.30. The van der Waals surface area contributed by atoms with E-state index in [9.17, 15) is 10.1 Å². The standard InChI is InChI=1S/C25H22N6O3/c1-16-17(2)28-30(3)23(16)24(34-25(32)18-8-7-9-19(14-18)33-4)22(15-26)31-13-11-21(29-31)20-10-5-6-12-27-20/h5-14H,1-4H3. The quantitative estimate of drug-likeness (QED) is 0.246. The largest absolute Gasteiger partial charge is 0.497 e. The lowest BCUT2D eigenvalue weighted by atomic mass is 10.1. The number of nitrogens with zero attached hydrogens (tertiary/aromatic N) is 6. The van der Waals surface area contributed by atoms with E-state index in [0.717, 1.165) is 11.3 Å². The molecule has 9 heteroatoms. The van der Waals surface area contributed by atoms with Crippen LogP contribution in [0.5, 0.6) is 5.75 Å². The van der Waals surface area contributed by atoms with Crippen molar-refractivity contribution in [3.05, 3.63) is 83.4 Å². The van der Waals surface area contributed by atoms with Crippen LogP contribution < -0.4 is 4.74 Å². The Labute approximate surface area is 196 Å². The number of carbonyl (C=O) groups excluding carboxylic acids is 1. The van der Waals surface area contributed by atoms with Crippen LogP contribution >= 0.6 is 0 Å². The van der Waals surface area contributed by atoms with Crippen LogP contribution in [0.1, 0.15) is 27.3 Å². The highest BCUT2D eigenvalue weighted by atomic mass is 16.5. The predicted molar refractivity (Wildman–Crippen MR) is 125 cm³/mol. The van der Waals surface area contributed by atoms with Crippen LogP contribution in [0.2, 0.25) is 0 Å². The van der Waals surface area contributed by atoms with Gasteiger partial charge >= 0.3 is 5.97 Å². The minimum atomic E-state index is -0.642. The van der Waals surface area contributed by atoms with Crippen molar-refractivity contribution >= 4 is 17.4 Å². The van der Waals surface area contributed by atoms with Crippen molar-refractivity contribution in [1.29, 1.82) is 5.26 Å². The molecule has 0 bridgehead atoms. The fraction of sp³-hybridized carbons (Fsp3) is 0.160. The van der Waals surface area contributed by atoms with E-state index in [1.165, 1.54) is 11.8 Å². The molecule has 4 aromatic rings. The number of aryl methyl sites for hydroxylation is 2. The molecule has 4 rings (SSSR count). The normalized spacial score (nSPS) is 11.5. The Morgan fingerprint density at radius 2 is 1.88 bits per heavy atom. The number of hydrogen-bond acceptors (Lipinski definition) is 7. The van der Waals surface area contributed by atoms with Gasteiger partial charge < -0.3 is 9.47 Å². The van der Waals surface area contributed by atoms with E-state index in [1.807, 2.05) is 32.0 Å². The fourth-order valence-corrected chi connectivity index (χ4v) is 3.50. The van der Waals surface area contributed by atoms with Crippen LogP contribution in [0.15, 0.2) is 60.9 Å². The van der Waals surface area contributed by atoms with Crippen molar-refractivity contribution < 1.29 is 14.3 Å². The first kappa shape index (κ1) is 22.5. The molecular formula is C25H22N6O3. The van der Waals surface area contributed by atoms with Gasteiger partial charge in [-0.15, -0.1) is 0 Å². The second-order valence-corrected chi connectivity index (χ2v) is 7.45. The van der Waals surface area contributed by atoms with Crippen LogP contribution in [0.25, 0.3) is 22.8 Å². The lowest BCUT2D eigenvalue weighted by Gasteiger charge is -2.13. The number of esters is 1. The van der Waals surface area contributed by atoms with E-state index in [-0.39, 0.29) is 17.0 Å². The summed E-state index contributed by atoms with van der Waals surface area (Å²) < 4.78 is 14.0. The topological polar surface area (TPSA) is 108 Å². The Bertz CT molecular complexity index is 1430. The summed E-state index contributed by atoms with van der Waals surface area (Å²) in [6.07, 6.45) is 3.29. The molecule has 0 radical (unpaired) electrons. The zero-order chi connectivity index (χ0) is 24.2. The number of rotatable bonds is 6. The minimum absolute atomic E-state index is 0.0320. The van der Waals surface area contributed by atoms with E-state index in [4.69, 9.17) is 9.47 Å². The summed E-state index contributed by atoms with van der Waals surface area (Å²) in [5.41, 5.74) is 3.57. The number of methoxy groups -OCH3 is 1. The fourth-order valence-electron chi connectivity index (χ4n) is 3.50. The lowest BCUT2D eigenvalue weighted by Crippen LogP contribution is -2.12. The van der Waals surface area contributed by atoms with Gasteiger partial charge in [0.05, 0.1) is 24.1 Å². The van der Waals surface area contributed by atoms with Crippen LogP contribution in [-0.4, -0.2) is 37.6 Å². The maximum atomic E-state index is 13.1. The Morgan fingerprint density at radius 3 is 2.53 bits per heavy atom. The summed E-state index contributed by atoms with van der Waals surface area (Å²) in [5.74, 6) is -0.0799. The minimum Gasteiger partial charge on any atom is -0.497 e. The van der Waals surface area contributed by atoms with Crippen molar-refractivity contribution in [2.24, 2.45) is 7.05 Å². The van der Waals surface area contributed by atoms with Crippen molar-refractivity contribution in [1.82, 2.24) is 24.5 Å². The summed E-state index contributed by atoms with van der Waals surface area (Å²) >= 11 is 0. The van der Waals surface area contributed by atoms with Crippen LogP contribution in [-0.2, 0) is 11.8 Å².